The maximum atomic E-state index is 14.8. The number of rotatable bonds is 6. The van der Waals surface area contributed by atoms with Gasteiger partial charge in [-0.15, -0.1) is 0 Å². The molecule has 208 valence electrons. The van der Waals surface area contributed by atoms with Crippen LogP contribution in [0.3, 0.4) is 0 Å². The first-order chi connectivity index (χ1) is 19.4. The number of para-hydroxylation sites is 2. The Balaban J connectivity index is 1.08. The Labute approximate surface area is 236 Å². The largest absolute Gasteiger partial charge is 0.444 e. The Morgan fingerprint density at radius 3 is 2.55 bits per heavy atom. The Hall–Kier alpha value is -3.20. The molecule has 4 aromatic rings. The van der Waals surface area contributed by atoms with Gasteiger partial charge in [-0.3, -0.25) is 4.90 Å². The van der Waals surface area contributed by atoms with E-state index in [0.717, 1.165) is 50.3 Å². The minimum absolute atomic E-state index is 0.107. The second-order valence-corrected chi connectivity index (χ2v) is 11.5. The van der Waals surface area contributed by atoms with Gasteiger partial charge in [0.15, 0.2) is 11.5 Å². The van der Waals surface area contributed by atoms with Crippen LogP contribution in [0, 0.1) is 11.6 Å². The van der Waals surface area contributed by atoms with E-state index < -0.39 is 11.6 Å². The molecule has 2 atom stereocenters. The fourth-order valence-corrected chi connectivity index (χ4v) is 6.34. The van der Waals surface area contributed by atoms with E-state index in [9.17, 15) is 8.78 Å². The number of aromatic nitrogens is 2. The van der Waals surface area contributed by atoms with Crippen molar-refractivity contribution in [2.24, 2.45) is 0 Å². The number of hydrogen-bond donors (Lipinski definition) is 0. The van der Waals surface area contributed by atoms with Crippen molar-refractivity contribution in [3.8, 4) is 11.5 Å². The number of halogens is 3. The second kappa shape index (κ2) is 10.0. The zero-order valence-electron chi connectivity index (χ0n) is 22.2. The zero-order chi connectivity index (χ0) is 27.4. The third kappa shape index (κ3) is 4.52. The summed E-state index contributed by atoms with van der Waals surface area (Å²) in [4.78, 5) is 7.19. The standard InChI is InChI=1S/C31H30ClF2N3O3/c1-31(23-9-8-20(32)16-25(23)34)39-27-7-2-4-22(30(27)40-31)19-10-13-36(14-11-19)18-28-35-26-6-3-5-24(33)29(26)37(28)17-21-12-15-38-21/h2-9,16,19,21H,10-15,17-18H2,1H3/t21-,31-/m0/s1. The average Bonchev–Trinajstić information content (AvgIpc) is 3.44. The van der Waals surface area contributed by atoms with Crippen LogP contribution in [-0.2, 0) is 23.6 Å². The van der Waals surface area contributed by atoms with Gasteiger partial charge in [-0.25, -0.2) is 13.8 Å². The molecule has 2 saturated heterocycles. The lowest BCUT2D eigenvalue weighted by Crippen LogP contribution is -2.35. The van der Waals surface area contributed by atoms with E-state index in [1.807, 2.05) is 22.8 Å². The van der Waals surface area contributed by atoms with Gasteiger partial charge in [0.1, 0.15) is 23.0 Å². The zero-order valence-corrected chi connectivity index (χ0v) is 23.0. The van der Waals surface area contributed by atoms with Gasteiger partial charge in [-0.2, -0.15) is 0 Å². The Bertz CT molecular complexity index is 1580. The number of likely N-dealkylation sites (tertiary alicyclic amines) is 1. The van der Waals surface area contributed by atoms with Crippen molar-refractivity contribution in [1.82, 2.24) is 14.5 Å². The highest BCUT2D eigenvalue weighted by molar-refractivity contribution is 6.30. The molecule has 0 amide bonds. The van der Waals surface area contributed by atoms with Gasteiger partial charge >= 0.3 is 0 Å². The van der Waals surface area contributed by atoms with Crippen molar-refractivity contribution < 1.29 is 23.0 Å². The van der Waals surface area contributed by atoms with E-state index in [4.69, 9.17) is 30.8 Å². The van der Waals surface area contributed by atoms with Crippen molar-refractivity contribution in [1.29, 1.82) is 0 Å². The topological polar surface area (TPSA) is 48.8 Å². The quantitative estimate of drug-likeness (QED) is 0.258. The lowest BCUT2D eigenvalue weighted by atomic mass is 9.88. The molecule has 0 saturated carbocycles. The van der Waals surface area contributed by atoms with E-state index in [2.05, 4.69) is 11.0 Å². The molecule has 2 fully saturated rings. The van der Waals surface area contributed by atoms with Gasteiger partial charge in [-0.05, 0) is 74.7 Å². The monoisotopic (exact) mass is 565 g/mol. The lowest BCUT2D eigenvalue weighted by molar-refractivity contribution is -0.0712. The highest BCUT2D eigenvalue weighted by Gasteiger charge is 2.43. The lowest BCUT2D eigenvalue weighted by Gasteiger charge is -2.33. The van der Waals surface area contributed by atoms with Crippen LogP contribution < -0.4 is 9.47 Å². The molecule has 0 spiro atoms. The van der Waals surface area contributed by atoms with Gasteiger partial charge in [0.05, 0.1) is 30.3 Å². The third-order valence-corrected chi connectivity index (χ3v) is 8.63. The second-order valence-electron chi connectivity index (χ2n) is 11.0. The molecule has 7 rings (SSSR count). The number of benzene rings is 3. The fourth-order valence-electron chi connectivity index (χ4n) is 6.18. The minimum Gasteiger partial charge on any atom is -0.444 e. The van der Waals surface area contributed by atoms with Crippen LogP contribution in [0.5, 0.6) is 11.5 Å². The van der Waals surface area contributed by atoms with Crippen LogP contribution in [0.15, 0.2) is 54.6 Å². The summed E-state index contributed by atoms with van der Waals surface area (Å²) in [5.41, 5.74) is 2.62. The molecule has 9 heteroatoms. The highest BCUT2D eigenvalue weighted by atomic mass is 35.5. The summed E-state index contributed by atoms with van der Waals surface area (Å²) in [6, 6.07) is 15.5. The summed E-state index contributed by atoms with van der Waals surface area (Å²) in [5, 5.41) is 0.324. The van der Waals surface area contributed by atoms with Gasteiger partial charge in [0.2, 0.25) is 0 Å². The molecule has 0 N–H and O–H groups in total. The fraction of sp³-hybridized carbons (Fsp3) is 0.387. The van der Waals surface area contributed by atoms with Crippen LogP contribution in [0.2, 0.25) is 5.02 Å². The van der Waals surface area contributed by atoms with Crippen molar-refractivity contribution >= 4 is 22.6 Å². The minimum atomic E-state index is -1.27. The van der Waals surface area contributed by atoms with E-state index >= 15 is 0 Å². The number of hydrogen-bond acceptors (Lipinski definition) is 5. The summed E-state index contributed by atoms with van der Waals surface area (Å²) < 4.78 is 49.7. The van der Waals surface area contributed by atoms with Gasteiger partial charge < -0.3 is 18.8 Å². The predicted molar refractivity (Wildman–Crippen MR) is 148 cm³/mol. The molecule has 4 heterocycles. The molecule has 6 nitrogen and oxygen atoms in total. The van der Waals surface area contributed by atoms with Crippen LogP contribution in [0.25, 0.3) is 11.0 Å². The van der Waals surface area contributed by atoms with Crippen LogP contribution >= 0.6 is 11.6 Å². The molecule has 0 radical (unpaired) electrons. The van der Waals surface area contributed by atoms with E-state index in [0.29, 0.717) is 46.2 Å². The van der Waals surface area contributed by atoms with E-state index in [-0.39, 0.29) is 17.8 Å². The molecule has 0 aliphatic carbocycles. The highest BCUT2D eigenvalue weighted by Crippen LogP contribution is 2.49. The first-order valence-electron chi connectivity index (χ1n) is 13.8. The normalized spacial score (nSPS) is 23.1. The Kier molecular flexibility index (Phi) is 6.45. The molecule has 3 aromatic carbocycles. The Morgan fingerprint density at radius 2 is 1.80 bits per heavy atom. The van der Waals surface area contributed by atoms with Gasteiger partial charge in [0, 0.05) is 24.1 Å². The van der Waals surface area contributed by atoms with Crippen LogP contribution in [0.4, 0.5) is 8.78 Å². The maximum absolute atomic E-state index is 14.8. The van der Waals surface area contributed by atoms with Gasteiger partial charge in [0.25, 0.3) is 5.79 Å². The summed E-state index contributed by atoms with van der Waals surface area (Å²) in [6.07, 6.45) is 2.93. The first-order valence-corrected chi connectivity index (χ1v) is 14.2. The first kappa shape index (κ1) is 25.7. The molecule has 0 bridgehead atoms. The summed E-state index contributed by atoms with van der Waals surface area (Å²) in [6.45, 7) is 5.48. The molecule has 1 aromatic heterocycles. The number of ether oxygens (including phenoxy) is 3. The van der Waals surface area contributed by atoms with Crippen molar-refractivity contribution in [2.45, 2.75) is 57.1 Å². The van der Waals surface area contributed by atoms with Crippen molar-refractivity contribution in [2.75, 3.05) is 19.7 Å². The van der Waals surface area contributed by atoms with Crippen LogP contribution in [0.1, 0.15) is 49.1 Å². The summed E-state index contributed by atoms with van der Waals surface area (Å²) >= 11 is 5.96. The molecular formula is C31H30ClF2N3O3. The molecule has 3 aliphatic rings. The maximum Gasteiger partial charge on any atom is 0.278 e. The average molecular weight is 566 g/mol. The summed E-state index contributed by atoms with van der Waals surface area (Å²) in [5.74, 6) is 0.444. The number of piperidine rings is 1. The molecule has 0 unspecified atom stereocenters. The smallest absolute Gasteiger partial charge is 0.278 e. The van der Waals surface area contributed by atoms with Crippen LogP contribution in [-0.4, -0.2) is 40.3 Å². The Morgan fingerprint density at radius 1 is 1.00 bits per heavy atom. The molecule has 3 aliphatic heterocycles. The number of imidazole rings is 1. The van der Waals surface area contributed by atoms with E-state index in [1.54, 1.807) is 25.1 Å². The third-order valence-electron chi connectivity index (χ3n) is 8.40. The van der Waals surface area contributed by atoms with Gasteiger partial charge in [-0.1, -0.05) is 29.8 Å². The SMILES string of the molecule is C[C@]1(c2ccc(Cl)cc2F)Oc2cccc(C3CCN(Cc4nc5cccc(F)c5n4C[C@@H]4CCO4)CC3)c2O1. The number of nitrogens with zero attached hydrogens (tertiary/aromatic N) is 3. The van der Waals surface area contributed by atoms with Crippen molar-refractivity contribution in [3.63, 3.8) is 0 Å². The predicted octanol–water partition coefficient (Wildman–Crippen LogP) is 6.78. The van der Waals surface area contributed by atoms with E-state index in [1.165, 1.54) is 12.1 Å². The number of fused-ring (bicyclic) bond motifs is 2. The summed E-state index contributed by atoms with van der Waals surface area (Å²) in [7, 11) is 0. The molecular weight excluding hydrogens is 536 g/mol. The van der Waals surface area contributed by atoms with Crippen molar-refractivity contribution in [3.05, 3.63) is 88.2 Å². The molecule has 40 heavy (non-hydrogen) atoms.